The maximum absolute atomic E-state index is 12.7. The van der Waals surface area contributed by atoms with Crippen LogP contribution < -0.4 is 5.32 Å². The highest BCUT2D eigenvalue weighted by Crippen LogP contribution is 2.24. The van der Waals surface area contributed by atoms with Crippen LogP contribution in [0.5, 0.6) is 0 Å². The Bertz CT molecular complexity index is 920. The predicted molar refractivity (Wildman–Crippen MR) is 115 cm³/mol. The van der Waals surface area contributed by atoms with E-state index in [1.165, 1.54) is 27.6 Å². The second-order valence-electron chi connectivity index (χ2n) is 7.51. The first-order valence-corrected chi connectivity index (χ1v) is 11.8. The summed E-state index contributed by atoms with van der Waals surface area (Å²) in [7, 11) is -3.54. The van der Waals surface area contributed by atoms with E-state index in [1.807, 2.05) is 0 Å². The molecule has 1 heterocycles. The second kappa shape index (κ2) is 9.74. The highest BCUT2D eigenvalue weighted by Gasteiger charge is 2.31. The van der Waals surface area contributed by atoms with Crippen molar-refractivity contribution in [2.24, 2.45) is 5.92 Å². The van der Waals surface area contributed by atoms with Crippen LogP contribution in [0.3, 0.4) is 0 Å². The van der Waals surface area contributed by atoms with E-state index in [2.05, 4.69) is 36.5 Å². The third-order valence-corrected chi connectivity index (χ3v) is 7.50. The Morgan fingerprint density at radius 3 is 2.31 bits per heavy atom. The van der Waals surface area contributed by atoms with E-state index >= 15 is 0 Å². The van der Waals surface area contributed by atoms with Gasteiger partial charge in [0.1, 0.15) is 0 Å². The molecule has 0 atom stereocenters. The van der Waals surface area contributed by atoms with Gasteiger partial charge in [-0.1, -0.05) is 41.4 Å². The minimum Gasteiger partial charge on any atom is -0.356 e. The van der Waals surface area contributed by atoms with Crippen molar-refractivity contribution >= 4 is 27.5 Å². The van der Waals surface area contributed by atoms with Gasteiger partial charge in [-0.25, -0.2) is 8.42 Å². The van der Waals surface area contributed by atoms with Gasteiger partial charge in [-0.2, -0.15) is 4.31 Å². The molecule has 1 N–H and O–H groups in total. The molecule has 1 aliphatic rings. The molecule has 3 rings (SSSR count). The summed E-state index contributed by atoms with van der Waals surface area (Å²) in [6.07, 6.45) is 2.89. The van der Waals surface area contributed by atoms with Crippen molar-refractivity contribution in [2.45, 2.75) is 37.5 Å². The van der Waals surface area contributed by atoms with Crippen LogP contribution in [0.2, 0.25) is 5.02 Å². The van der Waals surface area contributed by atoms with Gasteiger partial charge in [-0.15, -0.1) is 0 Å². The van der Waals surface area contributed by atoms with Crippen molar-refractivity contribution in [2.75, 3.05) is 19.6 Å². The van der Waals surface area contributed by atoms with Gasteiger partial charge in [-0.05, 0) is 62.4 Å². The highest BCUT2D eigenvalue weighted by atomic mass is 35.5. The quantitative estimate of drug-likeness (QED) is 0.674. The molecule has 5 nitrogen and oxygen atoms in total. The van der Waals surface area contributed by atoms with Crippen LogP contribution in [0.4, 0.5) is 0 Å². The zero-order chi connectivity index (χ0) is 20.9. The van der Waals surface area contributed by atoms with E-state index in [1.54, 1.807) is 12.1 Å². The molecule has 0 unspecified atom stereocenters. The molecule has 0 spiro atoms. The van der Waals surface area contributed by atoms with Crippen molar-refractivity contribution < 1.29 is 13.2 Å². The SMILES string of the molecule is Cc1ccc(CCCNC(=O)C2CCN(S(=O)(=O)c3ccc(Cl)cc3)CC2)cc1. The molecule has 156 valence electrons. The Morgan fingerprint density at radius 2 is 1.69 bits per heavy atom. The average Bonchev–Trinajstić information content (AvgIpc) is 2.73. The maximum atomic E-state index is 12.7. The molecule has 2 aromatic rings. The van der Waals surface area contributed by atoms with Crippen molar-refractivity contribution in [1.29, 1.82) is 0 Å². The number of carbonyl (C=O) groups is 1. The number of hydrogen-bond acceptors (Lipinski definition) is 3. The van der Waals surface area contributed by atoms with Crippen LogP contribution in [0.25, 0.3) is 0 Å². The summed E-state index contributed by atoms with van der Waals surface area (Å²) in [4.78, 5) is 12.7. The maximum Gasteiger partial charge on any atom is 0.243 e. The van der Waals surface area contributed by atoms with E-state index in [0.717, 1.165) is 12.8 Å². The number of piperidine rings is 1. The molecule has 1 amide bonds. The fraction of sp³-hybridized carbons (Fsp3) is 0.409. The van der Waals surface area contributed by atoms with Crippen LogP contribution in [0.15, 0.2) is 53.4 Å². The number of nitrogens with one attached hydrogen (secondary N) is 1. The first kappa shape index (κ1) is 21.8. The minimum atomic E-state index is -3.54. The normalized spacial score (nSPS) is 15.9. The van der Waals surface area contributed by atoms with Crippen molar-refractivity contribution in [3.05, 3.63) is 64.7 Å². The van der Waals surface area contributed by atoms with Crippen LogP contribution in [-0.4, -0.2) is 38.3 Å². The first-order valence-electron chi connectivity index (χ1n) is 9.95. The van der Waals surface area contributed by atoms with Crippen LogP contribution in [0, 0.1) is 12.8 Å². The molecule has 0 aromatic heterocycles. The van der Waals surface area contributed by atoms with Crippen LogP contribution in [-0.2, 0) is 21.2 Å². The van der Waals surface area contributed by atoms with Gasteiger partial charge in [-0.3, -0.25) is 4.79 Å². The van der Waals surface area contributed by atoms with E-state index in [0.29, 0.717) is 37.5 Å². The number of sulfonamides is 1. The summed E-state index contributed by atoms with van der Waals surface area (Å²) in [5.74, 6) is -0.108. The molecular weight excluding hydrogens is 408 g/mol. The Labute approximate surface area is 178 Å². The number of rotatable bonds is 7. The standard InChI is InChI=1S/C22H27ClN2O3S/c1-17-4-6-18(7-5-17)3-2-14-24-22(26)19-12-15-25(16-13-19)29(27,28)21-10-8-20(23)9-11-21/h4-11,19H,2-3,12-16H2,1H3,(H,24,26). The summed E-state index contributed by atoms with van der Waals surface area (Å²) in [5.41, 5.74) is 2.51. The molecule has 0 aliphatic carbocycles. The monoisotopic (exact) mass is 434 g/mol. The van der Waals surface area contributed by atoms with Gasteiger partial charge in [0.15, 0.2) is 0 Å². The number of amides is 1. The van der Waals surface area contributed by atoms with Gasteiger partial charge < -0.3 is 5.32 Å². The van der Waals surface area contributed by atoms with Gasteiger partial charge in [0.05, 0.1) is 4.90 Å². The molecule has 0 saturated carbocycles. The van der Waals surface area contributed by atoms with E-state index < -0.39 is 10.0 Å². The molecule has 0 radical (unpaired) electrons. The zero-order valence-corrected chi connectivity index (χ0v) is 18.2. The summed E-state index contributed by atoms with van der Waals surface area (Å²) < 4.78 is 26.9. The van der Waals surface area contributed by atoms with Crippen LogP contribution >= 0.6 is 11.6 Å². The number of hydrogen-bond donors (Lipinski definition) is 1. The largest absolute Gasteiger partial charge is 0.356 e. The van der Waals surface area contributed by atoms with Gasteiger partial charge >= 0.3 is 0 Å². The molecule has 1 fully saturated rings. The third kappa shape index (κ3) is 5.81. The summed E-state index contributed by atoms with van der Waals surface area (Å²) in [6, 6.07) is 14.6. The summed E-state index contributed by atoms with van der Waals surface area (Å²) in [6.45, 7) is 3.41. The number of aryl methyl sites for hydroxylation is 2. The predicted octanol–water partition coefficient (Wildman–Crippen LogP) is 3.80. The Kier molecular flexibility index (Phi) is 7.33. The van der Waals surface area contributed by atoms with Crippen molar-refractivity contribution in [1.82, 2.24) is 9.62 Å². The number of benzene rings is 2. The zero-order valence-electron chi connectivity index (χ0n) is 16.6. The Balaban J connectivity index is 1.43. The van der Waals surface area contributed by atoms with E-state index in [9.17, 15) is 13.2 Å². The van der Waals surface area contributed by atoms with Gasteiger partial charge in [0, 0.05) is 30.6 Å². The molecule has 1 saturated heterocycles. The Morgan fingerprint density at radius 1 is 1.07 bits per heavy atom. The number of nitrogens with zero attached hydrogens (tertiary/aromatic N) is 1. The molecule has 29 heavy (non-hydrogen) atoms. The first-order chi connectivity index (χ1) is 13.9. The number of carbonyl (C=O) groups excluding carboxylic acids is 1. The summed E-state index contributed by atoms with van der Waals surface area (Å²) in [5, 5.41) is 3.51. The molecule has 0 bridgehead atoms. The molecular formula is C22H27ClN2O3S. The lowest BCUT2D eigenvalue weighted by Gasteiger charge is -2.30. The van der Waals surface area contributed by atoms with Crippen molar-refractivity contribution in [3.8, 4) is 0 Å². The van der Waals surface area contributed by atoms with Crippen LogP contribution in [0.1, 0.15) is 30.4 Å². The highest BCUT2D eigenvalue weighted by molar-refractivity contribution is 7.89. The summed E-state index contributed by atoms with van der Waals surface area (Å²) >= 11 is 5.84. The van der Waals surface area contributed by atoms with Gasteiger partial charge in [0.2, 0.25) is 15.9 Å². The average molecular weight is 435 g/mol. The fourth-order valence-corrected chi connectivity index (χ4v) is 5.11. The molecule has 7 heteroatoms. The Hall–Kier alpha value is -1.89. The minimum absolute atomic E-state index is 0.0254. The van der Waals surface area contributed by atoms with E-state index in [4.69, 9.17) is 11.6 Å². The van der Waals surface area contributed by atoms with E-state index in [-0.39, 0.29) is 16.7 Å². The molecule has 1 aliphatic heterocycles. The molecule has 2 aromatic carbocycles. The topological polar surface area (TPSA) is 66.5 Å². The second-order valence-corrected chi connectivity index (χ2v) is 9.89. The lowest BCUT2D eigenvalue weighted by molar-refractivity contribution is -0.126. The van der Waals surface area contributed by atoms with Gasteiger partial charge in [0.25, 0.3) is 0 Å². The third-order valence-electron chi connectivity index (χ3n) is 5.34. The smallest absolute Gasteiger partial charge is 0.243 e. The fourth-order valence-electron chi connectivity index (χ4n) is 3.52. The van der Waals surface area contributed by atoms with Crippen molar-refractivity contribution in [3.63, 3.8) is 0 Å². The number of halogens is 1. The lowest BCUT2D eigenvalue weighted by atomic mass is 9.97. The lowest BCUT2D eigenvalue weighted by Crippen LogP contribution is -2.43.